The molecule has 1 aromatic heterocycles. The number of likely N-dealkylation sites (N-methyl/N-ethyl adjacent to an activating group) is 1. The average molecular weight is 394 g/mol. The summed E-state index contributed by atoms with van der Waals surface area (Å²) in [6, 6.07) is 10.1. The second-order valence-corrected chi connectivity index (χ2v) is 9.08. The molecular formula is C18H23N3O3S2. The van der Waals surface area contributed by atoms with Gasteiger partial charge >= 0.3 is 0 Å². The van der Waals surface area contributed by atoms with Gasteiger partial charge in [-0.15, -0.1) is 11.3 Å². The molecule has 1 aliphatic heterocycles. The van der Waals surface area contributed by atoms with Gasteiger partial charge in [-0.25, -0.2) is 13.1 Å². The first-order valence-corrected chi connectivity index (χ1v) is 11.0. The van der Waals surface area contributed by atoms with Crippen molar-refractivity contribution in [2.45, 2.75) is 30.3 Å². The zero-order chi connectivity index (χ0) is 18.6. The highest BCUT2D eigenvalue weighted by Crippen LogP contribution is 2.21. The minimum absolute atomic E-state index is 0.0433. The van der Waals surface area contributed by atoms with E-state index >= 15 is 0 Å². The Morgan fingerprint density at radius 1 is 1.27 bits per heavy atom. The fraction of sp³-hybridized carbons (Fsp3) is 0.389. The molecule has 1 saturated heterocycles. The van der Waals surface area contributed by atoms with Gasteiger partial charge in [0.25, 0.3) is 5.91 Å². The Morgan fingerprint density at radius 2 is 2.04 bits per heavy atom. The molecule has 3 rings (SSSR count). The standard InChI is InChI=1S/C18H23N3O3S2/c1-19-12-15-4-2-10-21(15)18(22)14-6-8-17(9-7-14)26(23,24)20-13-16-5-3-11-25-16/h3,5-9,11,15,19-20H,2,4,10,12-13H2,1H3. The molecule has 1 aromatic carbocycles. The highest BCUT2D eigenvalue weighted by atomic mass is 32.2. The molecule has 0 bridgehead atoms. The lowest BCUT2D eigenvalue weighted by Crippen LogP contribution is -2.40. The number of hydrogen-bond acceptors (Lipinski definition) is 5. The third kappa shape index (κ3) is 4.32. The Morgan fingerprint density at radius 3 is 2.69 bits per heavy atom. The SMILES string of the molecule is CNCC1CCCN1C(=O)c1ccc(S(=O)(=O)NCc2cccs2)cc1. The molecule has 2 heterocycles. The number of carbonyl (C=O) groups is 1. The van der Waals surface area contributed by atoms with Crippen molar-refractivity contribution in [3.05, 3.63) is 52.2 Å². The highest BCUT2D eigenvalue weighted by Gasteiger charge is 2.29. The van der Waals surface area contributed by atoms with Crippen LogP contribution in [-0.2, 0) is 16.6 Å². The van der Waals surface area contributed by atoms with Crippen LogP contribution < -0.4 is 10.0 Å². The highest BCUT2D eigenvalue weighted by molar-refractivity contribution is 7.89. The predicted molar refractivity (Wildman–Crippen MR) is 103 cm³/mol. The summed E-state index contributed by atoms with van der Waals surface area (Å²) in [5.41, 5.74) is 0.519. The summed E-state index contributed by atoms with van der Waals surface area (Å²) in [5, 5.41) is 5.03. The molecule has 6 nitrogen and oxygen atoms in total. The number of nitrogens with one attached hydrogen (secondary N) is 2. The van der Waals surface area contributed by atoms with E-state index in [1.807, 2.05) is 29.5 Å². The molecule has 26 heavy (non-hydrogen) atoms. The van der Waals surface area contributed by atoms with Crippen molar-refractivity contribution in [2.24, 2.45) is 0 Å². The first-order chi connectivity index (χ1) is 12.5. The topological polar surface area (TPSA) is 78.5 Å². The molecule has 8 heteroatoms. The van der Waals surface area contributed by atoms with Crippen molar-refractivity contribution >= 4 is 27.3 Å². The first-order valence-electron chi connectivity index (χ1n) is 8.59. The van der Waals surface area contributed by atoms with E-state index in [9.17, 15) is 13.2 Å². The van der Waals surface area contributed by atoms with E-state index in [0.29, 0.717) is 5.56 Å². The van der Waals surface area contributed by atoms with E-state index in [2.05, 4.69) is 10.0 Å². The summed E-state index contributed by atoms with van der Waals surface area (Å²) in [6.07, 6.45) is 1.99. The van der Waals surface area contributed by atoms with E-state index in [1.54, 1.807) is 12.1 Å². The number of amides is 1. The van der Waals surface area contributed by atoms with Crippen molar-refractivity contribution in [1.82, 2.24) is 14.9 Å². The van der Waals surface area contributed by atoms with Crippen LogP contribution in [0.2, 0.25) is 0 Å². The molecule has 0 radical (unpaired) electrons. The maximum atomic E-state index is 12.7. The summed E-state index contributed by atoms with van der Waals surface area (Å²) in [4.78, 5) is 15.7. The maximum Gasteiger partial charge on any atom is 0.254 e. The van der Waals surface area contributed by atoms with Gasteiger partial charge in [0.1, 0.15) is 0 Å². The van der Waals surface area contributed by atoms with Crippen molar-refractivity contribution in [3.8, 4) is 0 Å². The van der Waals surface area contributed by atoms with Gasteiger partial charge in [-0.2, -0.15) is 0 Å². The molecule has 1 amide bonds. The van der Waals surface area contributed by atoms with E-state index in [0.717, 1.165) is 30.8 Å². The molecule has 1 fully saturated rings. The van der Waals surface area contributed by atoms with Gasteiger partial charge in [0.05, 0.1) is 4.90 Å². The Labute approximate surface area is 158 Å². The van der Waals surface area contributed by atoms with E-state index in [-0.39, 0.29) is 23.4 Å². The minimum Gasteiger partial charge on any atom is -0.334 e. The summed E-state index contributed by atoms with van der Waals surface area (Å²) in [5.74, 6) is -0.0433. The zero-order valence-corrected chi connectivity index (χ0v) is 16.3. The lowest BCUT2D eigenvalue weighted by atomic mass is 10.1. The van der Waals surface area contributed by atoms with E-state index in [4.69, 9.17) is 0 Å². The molecule has 0 spiro atoms. The molecule has 0 saturated carbocycles. The number of rotatable bonds is 7. The quantitative estimate of drug-likeness (QED) is 0.755. The molecule has 1 unspecified atom stereocenters. The van der Waals surface area contributed by atoms with Crippen LogP contribution in [0, 0.1) is 0 Å². The number of thiophene rings is 1. The molecule has 0 aliphatic carbocycles. The number of nitrogens with zero attached hydrogens (tertiary/aromatic N) is 1. The van der Waals surface area contributed by atoms with Crippen molar-refractivity contribution in [2.75, 3.05) is 20.1 Å². The lowest BCUT2D eigenvalue weighted by Gasteiger charge is -2.24. The summed E-state index contributed by atoms with van der Waals surface area (Å²) in [7, 11) is -1.72. The van der Waals surface area contributed by atoms with Gasteiger partial charge in [0.2, 0.25) is 10.0 Å². The maximum absolute atomic E-state index is 12.7. The normalized spacial score (nSPS) is 17.6. The van der Waals surface area contributed by atoms with Crippen molar-refractivity contribution < 1.29 is 13.2 Å². The molecule has 2 aromatic rings. The number of carbonyl (C=O) groups excluding carboxylic acids is 1. The van der Waals surface area contributed by atoms with Gasteiger partial charge in [-0.1, -0.05) is 6.07 Å². The molecule has 1 aliphatic rings. The van der Waals surface area contributed by atoms with Crippen LogP contribution in [0.25, 0.3) is 0 Å². The fourth-order valence-corrected chi connectivity index (χ4v) is 4.90. The molecular weight excluding hydrogens is 370 g/mol. The van der Waals surface area contributed by atoms with Gasteiger partial charge in [0, 0.05) is 36.1 Å². The Hall–Kier alpha value is -1.74. The van der Waals surface area contributed by atoms with E-state index < -0.39 is 10.0 Å². The number of hydrogen-bond donors (Lipinski definition) is 2. The van der Waals surface area contributed by atoms with Gasteiger partial charge in [0.15, 0.2) is 0 Å². The second-order valence-electron chi connectivity index (χ2n) is 6.28. The van der Waals surface area contributed by atoms with Crippen molar-refractivity contribution in [3.63, 3.8) is 0 Å². The minimum atomic E-state index is -3.60. The molecule has 2 N–H and O–H groups in total. The Kier molecular flexibility index (Phi) is 6.08. The summed E-state index contributed by atoms with van der Waals surface area (Å²) in [6.45, 7) is 1.78. The van der Waals surface area contributed by atoms with Gasteiger partial charge in [-0.05, 0) is 55.6 Å². The predicted octanol–water partition coefficient (Wildman–Crippen LogP) is 2.05. The van der Waals surface area contributed by atoms with Crippen LogP contribution in [0.15, 0.2) is 46.7 Å². The van der Waals surface area contributed by atoms with Crippen LogP contribution in [0.1, 0.15) is 28.1 Å². The number of benzene rings is 1. The van der Waals surface area contributed by atoms with Gasteiger partial charge < -0.3 is 10.2 Å². The molecule has 140 valence electrons. The zero-order valence-electron chi connectivity index (χ0n) is 14.6. The van der Waals surface area contributed by atoms with Crippen molar-refractivity contribution in [1.29, 1.82) is 0 Å². The monoisotopic (exact) mass is 393 g/mol. The van der Waals surface area contributed by atoms with Crippen LogP contribution in [0.4, 0.5) is 0 Å². The van der Waals surface area contributed by atoms with Gasteiger partial charge in [-0.3, -0.25) is 4.79 Å². The summed E-state index contributed by atoms with van der Waals surface area (Å²) >= 11 is 1.50. The first kappa shape index (κ1) is 19.0. The third-order valence-corrected chi connectivity index (χ3v) is 6.80. The van der Waals surface area contributed by atoms with Crippen LogP contribution >= 0.6 is 11.3 Å². The second kappa shape index (κ2) is 8.30. The third-order valence-electron chi connectivity index (χ3n) is 4.51. The number of sulfonamides is 1. The lowest BCUT2D eigenvalue weighted by molar-refractivity contribution is 0.0737. The smallest absolute Gasteiger partial charge is 0.254 e. The fourth-order valence-electron chi connectivity index (χ4n) is 3.16. The Balaban J connectivity index is 1.68. The van der Waals surface area contributed by atoms with E-state index in [1.165, 1.54) is 23.5 Å². The van der Waals surface area contributed by atoms with Crippen LogP contribution in [-0.4, -0.2) is 45.4 Å². The Bertz CT molecular complexity index is 833. The number of likely N-dealkylation sites (tertiary alicyclic amines) is 1. The largest absolute Gasteiger partial charge is 0.334 e. The van der Waals surface area contributed by atoms with Crippen LogP contribution in [0.5, 0.6) is 0 Å². The molecule has 1 atom stereocenters. The van der Waals surface area contributed by atoms with Crippen LogP contribution in [0.3, 0.4) is 0 Å². The summed E-state index contributed by atoms with van der Waals surface area (Å²) < 4.78 is 27.4. The average Bonchev–Trinajstić information content (AvgIpc) is 3.32.